The van der Waals surface area contributed by atoms with E-state index in [1.54, 1.807) is 0 Å². The number of aliphatic hydroxyl groups excluding tert-OH is 2. The Bertz CT molecular complexity index is 919. The van der Waals surface area contributed by atoms with Crippen LogP contribution in [0, 0.1) is 0 Å². The lowest BCUT2D eigenvalue weighted by molar-refractivity contribution is -0.151. The molecule has 0 aromatic heterocycles. The quantitative estimate of drug-likeness (QED) is 0.0323. The Balaban J connectivity index is 4.40. The van der Waals surface area contributed by atoms with Gasteiger partial charge in [0.25, 0.3) is 0 Å². The number of carbonyl (C=O) groups is 2. The first-order valence-electron chi connectivity index (χ1n) is 25.6. The van der Waals surface area contributed by atoms with Gasteiger partial charge in [-0.1, -0.05) is 212 Å². The molecule has 0 aliphatic rings. The summed E-state index contributed by atoms with van der Waals surface area (Å²) >= 11 is 0. The van der Waals surface area contributed by atoms with E-state index in [0.29, 0.717) is 19.3 Å². The fraction of sp³-hybridized carbons (Fsp3) is 0.885. The summed E-state index contributed by atoms with van der Waals surface area (Å²) in [4.78, 5) is 26.0. The molecule has 6 heteroatoms. The van der Waals surface area contributed by atoms with Crippen LogP contribution in [-0.2, 0) is 14.3 Å². The van der Waals surface area contributed by atoms with Crippen LogP contribution in [0.1, 0.15) is 271 Å². The SMILES string of the molecule is CCC/C=C\CCCCCC(CC(=O)NC(CO)C(O)CCCCCCCCCCCCCCCCC)OC(=O)CCCCCCC/C=C/CCCCCCCCC. The van der Waals surface area contributed by atoms with E-state index in [1.807, 2.05) is 0 Å². The van der Waals surface area contributed by atoms with Crippen molar-refractivity contribution >= 4 is 11.9 Å². The average molecular weight is 818 g/mol. The highest BCUT2D eigenvalue weighted by Gasteiger charge is 2.24. The molecule has 0 heterocycles. The third-order valence-electron chi connectivity index (χ3n) is 11.7. The molecule has 1 amide bonds. The Hall–Kier alpha value is -1.66. The van der Waals surface area contributed by atoms with Crippen LogP contribution in [0.4, 0.5) is 0 Å². The maximum atomic E-state index is 13.1. The molecular formula is C52H99NO5. The van der Waals surface area contributed by atoms with E-state index in [2.05, 4.69) is 50.4 Å². The van der Waals surface area contributed by atoms with Crippen molar-refractivity contribution < 1.29 is 24.5 Å². The minimum Gasteiger partial charge on any atom is -0.462 e. The molecule has 342 valence electrons. The van der Waals surface area contributed by atoms with E-state index < -0.39 is 18.2 Å². The summed E-state index contributed by atoms with van der Waals surface area (Å²) in [7, 11) is 0. The van der Waals surface area contributed by atoms with Crippen molar-refractivity contribution in [2.45, 2.75) is 289 Å². The van der Waals surface area contributed by atoms with Gasteiger partial charge < -0.3 is 20.3 Å². The lowest BCUT2D eigenvalue weighted by Gasteiger charge is -2.24. The second kappa shape index (κ2) is 46.4. The van der Waals surface area contributed by atoms with Crippen LogP contribution >= 0.6 is 0 Å². The summed E-state index contributed by atoms with van der Waals surface area (Å²) in [5.74, 6) is -0.494. The predicted octanol–water partition coefficient (Wildman–Crippen LogP) is 15.1. The molecule has 0 radical (unpaired) electrons. The van der Waals surface area contributed by atoms with Crippen molar-refractivity contribution in [3.05, 3.63) is 24.3 Å². The molecule has 0 aromatic rings. The van der Waals surface area contributed by atoms with E-state index in [4.69, 9.17) is 4.74 Å². The van der Waals surface area contributed by atoms with Gasteiger partial charge >= 0.3 is 5.97 Å². The number of hydrogen-bond donors (Lipinski definition) is 3. The van der Waals surface area contributed by atoms with Crippen molar-refractivity contribution in [1.82, 2.24) is 5.32 Å². The summed E-state index contributed by atoms with van der Waals surface area (Å²) in [5, 5.41) is 23.7. The lowest BCUT2D eigenvalue weighted by Crippen LogP contribution is -2.46. The number of nitrogens with one attached hydrogen (secondary N) is 1. The minimum atomic E-state index is -0.788. The molecule has 0 bridgehead atoms. The first-order valence-corrected chi connectivity index (χ1v) is 25.6. The zero-order chi connectivity index (χ0) is 42.4. The number of carbonyl (C=O) groups excluding carboxylic acids is 2. The van der Waals surface area contributed by atoms with E-state index >= 15 is 0 Å². The summed E-state index contributed by atoms with van der Waals surface area (Å²) in [6.07, 6.45) is 52.5. The van der Waals surface area contributed by atoms with Crippen LogP contribution in [0.2, 0.25) is 0 Å². The van der Waals surface area contributed by atoms with Gasteiger partial charge in [-0.3, -0.25) is 9.59 Å². The molecule has 58 heavy (non-hydrogen) atoms. The number of ether oxygens (including phenoxy) is 1. The largest absolute Gasteiger partial charge is 0.462 e. The zero-order valence-corrected chi connectivity index (χ0v) is 38.9. The molecule has 3 N–H and O–H groups in total. The van der Waals surface area contributed by atoms with Gasteiger partial charge in [0, 0.05) is 6.42 Å². The monoisotopic (exact) mass is 818 g/mol. The van der Waals surface area contributed by atoms with Crippen LogP contribution in [0.15, 0.2) is 24.3 Å². The lowest BCUT2D eigenvalue weighted by atomic mass is 10.0. The van der Waals surface area contributed by atoms with Gasteiger partial charge in [-0.15, -0.1) is 0 Å². The predicted molar refractivity (Wildman–Crippen MR) is 250 cm³/mol. The van der Waals surface area contributed by atoms with Crippen molar-refractivity contribution in [2.24, 2.45) is 0 Å². The van der Waals surface area contributed by atoms with Crippen molar-refractivity contribution in [2.75, 3.05) is 6.61 Å². The number of unbranched alkanes of at least 4 members (excludes halogenated alkanes) is 30. The second-order valence-corrected chi connectivity index (χ2v) is 17.6. The number of allylic oxidation sites excluding steroid dienone is 4. The van der Waals surface area contributed by atoms with Gasteiger partial charge in [0.05, 0.1) is 25.2 Å². The van der Waals surface area contributed by atoms with E-state index in [1.165, 1.54) is 148 Å². The molecule has 0 fully saturated rings. The van der Waals surface area contributed by atoms with Crippen LogP contribution in [0.25, 0.3) is 0 Å². The Morgan fingerprint density at radius 1 is 0.483 bits per heavy atom. The normalized spacial score (nSPS) is 13.4. The second-order valence-electron chi connectivity index (χ2n) is 17.6. The molecule has 0 aromatic carbocycles. The Labute approximate surface area is 361 Å². The van der Waals surface area contributed by atoms with Gasteiger partial charge in [0.1, 0.15) is 6.10 Å². The minimum absolute atomic E-state index is 0.0663. The maximum absolute atomic E-state index is 13.1. The zero-order valence-electron chi connectivity index (χ0n) is 38.9. The van der Waals surface area contributed by atoms with Gasteiger partial charge in [-0.2, -0.15) is 0 Å². The maximum Gasteiger partial charge on any atom is 0.306 e. The highest BCUT2D eigenvalue weighted by atomic mass is 16.5. The van der Waals surface area contributed by atoms with E-state index in [-0.39, 0.29) is 24.9 Å². The topological polar surface area (TPSA) is 95.9 Å². The van der Waals surface area contributed by atoms with Crippen molar-refractivity contribution in [3.63, 3.8) is 0 Å². The molecule has 6 nitrogen and oxygen atoms in total. The van der Waals surface area contributed by atoms with E-state index in [9.17, 15) is 19.8 Å². The fourth-order valence-electron chi connectivity index (χ4n) is 7.84. The molecule has 0 spiro atoms. The molecule has 0 saturated carbocycles. The first kappa shape index (κ1) is 56.3. The van der Waals surface area contributed by atoms with Gasteiger partial charge in [-0.05, 0) is 70.6 Å². The van der Waals surface area contributed by atoms with E-state index in [0.717, 1.165) is 77.0 Å². The molecule has 3 unspecified atom stereocenters. The summed E-state index contributed by atoms with van der Waals surface area (Å²) < 4.78 is 5.89. The fourth-order valence-corrected chi connectivity index (χ4v) is 7.84. The number of esters is 1. The highest BCUT2D eigenvalue weighted by molar-refractivity contribution is 5.77. The number of aliphatic hydroxyl groups is 2. The summed E-state index contributed by atoms with van der Waals surface area (Å²) in [5.41, 5.74) is 0. The Morgan fingerprint density at radius 3 is 1.31 bits per heavy atom. The smallest absolute Gasteiger partial charge is 0.306 e. The first-order chi connectivity index (χ1) is 28.5. The third-order valence-corrected chi connectivity index (χ3v) is 11.7. The summed E-state index contributed by atoms with van der Waals surface area (Å²) in [6.45, 7) is 6.42. The molecular weight excluding hydrogens is 719 g/mol. The highest BCUT2D eigenvalue weighted by Crippen LogP contribution is 2.18. The third kappa shape index (κ3) is 41.1. The van der Waals surface area contributed by atoms with Crippen LogP contribution in [-0.4, -0.2) is 46.9 Å². The molecule has 0 aliphatic heterocycles. The molecule has 0 saturated heterocycles. The van der Waals surface area contributed by atoms with Gasteiger partial charge in [-0.25, -0.2) is 0 Å². The average Bonchev–Trinajstić information content (AvgIpc) is 3.22. The van der Waals surface area contributed by atoms with Crippen molar-refractivity contribution in [1.29, 1.82) is 0 Å². The van der Waals surface area contributed by atoms with Gasteiger partial charge in [0.15, 0.2) is 0 Å². The van der Waals surface area contributed by atoms with Crippen LogP contribution < -0.4 is 5.32 Å². The van der Waals surface area contributed by atoms with Crippen LogP contribution in [0.3, 0.4) is 0 Å². The molecule has 0 aliphatic carbocycles. The van der Waals surface area contributed by atoms with Crippen LogP contribution in [0.5, 0.6) is 0 Å². The number of hydrogen-bond acceptors (Lipinski definition) is 5. The van der Waals surface area contributed by atoms with Gasteiger partial charge in [0.2, 0.25) is 5.91 Å². The number of rotatable bonds is 46. The standard InChI is InChI=1S/C52H99NO5/c1-4-7-10-13-16-19-21-23-25-27-29-31-33-36-39-42-45-52(57)58-48(43-40-37-34-18-15-12-9-6-3)46-51(56)53-49(47-54)50(55)44-41-38-35-32-30-28-26-24-22-20-17-14-11-8-5-2/h12,15,25,27,48-50,54-55H,4-11,13-14,16-24,26,28-47H2,1-3H3,(H,53,56)/b15-12-,27-25+. The molecule has 3 atom stereocenters. The Kier molecular flexibility index (Phi) is 45.1. The summed E-state index contributed by atoms with van der Waals surface area (Å²) in [6, 6.07) is -0.703. The Morgan fingerprint density at radius 2 is 0.862 bits per heavy atom. The van der Waals surface area contributed by atoms with Crippen molar-refractivity contribution in [3.8, 4) is 0 Å². The number of amides is 1. The molecule has 0 rings (SSSR count).